The minimum absolute atomic E-state index is 0.00309. The molecule has 0 radical (unpaired) electrons. The number of oxime groups is 1. The first-order chi connectivity index (χ1) is 6.61. The van der Waals surface area contributed by atoms with Crippen LogP contribution in [0, 0.1) is 0 Å². The molecule has 0 bridgehead atoms. The third-order valence-electron chi connectivity index (χ3n) is 1.52. The van der Waals surface area contributed by atoms with Crippen molar-refractivity contribution in [3.05, 3.63) is 0 Å². The van der Waals surface area contributed by atoms with Crippen molar-refractivity contribution in [1.29, 1.82) is 0 Å². The minimum Gasteiger partial charge on any atom is -0.409 e. The van der Waals surface area contributed by atoms with Crippen LogP contribution in [0.2, 0.25) is 0 Å². The molecule has 0 fully saturated rings. The van der Waals surface area contributed by atoms with E-state index >= 15 is 0 Å². The molecule has 0 saturated heterocycles. The van der Waals surface area contributed by atoms with E-state index in [0.717, 1.165) is 6.42 Å². The molecular weight excluding hydrogens is 186 g/mol. The van der Waals surface area contributed by atoms with Crippen LogP contribution in [0.25, 0.3) is 0 Å². The Labute approximate surface area is 83.1 Å². The molecule has 14 heavy (non-hydrogen) atoms. The summed E-state index contributed by atoms with van der Waals surface area (Å²) in [7, 11) is 0. The summed E-state index contributed by atoms with van der Waals surface area (Å²) in [5.74, 6) is -0.314. The molecular formula is C8H17N3O3. The topological polar surface area (TPSA) is 96.9 Å². The number of nitrogens with zero attached hydrogens (tertiary/aromatic N) is 1. The van der Waals surface area contributed by atoms with Gasteiger partial charge in [0.05, 0.1) is 6.04 Å². The van der Waals surface area contributed by atoms with Crippen LogP contribution < -0.4 is 11.1 Å². The van der Waals surface area contributed by atoms with Crippen molar-refractivity contribution in [2.24, 2.45) is 10.9 Å². The average molecular weight is 203 g/mol. The minimum atomic E-state index is -0.488. The number of nitrogens with one attached hydrogen (secondary N) is 1. The Morgan fingerprint density at radius 1 is 1.71 bits per heavy atom. The monoisotopic (exact) mass is 203 g/mol. The number of hydrogen-bond donors (Lipinski definition) is 3. The Morgan fingerprint density at radius 3 is 2.86 bits per heavy atom. The van der Waals surface area contributed by atoms with E-state index in [9.17, 15) is 4.79 Å². The van der Waals surface area contributed by atoms with E-state index in [2.05, 4.69) is 10.5 Å². The lowest BCUT2D eigenvalue weighted by molar-refractivity contribution is -0.125. The van der Waals surface area contributed by atoms with E-state index in [4.69, 9.17) is 15.7 Å². The van der Waals surface area contributed by atoms with Crippen LogP contribution >= 0.6 is 0 Å². The third-order valence-corrected chi connectivity index (χ3v) is 1.52. The first-order valence-corrected chi connectivity index (χ1v) is 4.46. The quantitative estimate of drug-likeness (QED) is 0.181. The van der Waals surface area contributed by atoms with Gasteiger partial charge in [0.1, 0.15) is 6.61 Å². The van der Waals surface area contributed by atoms with Gasteiger partial charge >= 0.3 is 0 Å². The zero-order valence-electron chi connectivity index (χ0n) is 8.49. The first-order valence-electron chi connectivity index (χ1n) is 4.46. The number of amidine groups is 1. The van der Waals surface area contributed by atoms with E-state index < -0.39 is 6.04 Å². The molecule has 1 amide bonds. The molecule has 0 aliphatic carbocycles. The third kappa shape index (κ3) is 5.36. The SMILES string of the molecule is CCCOCC(=O)NC(C)C(N)=NO. The fourth-order valence-corrected chi connectivity index (χ4v) is 0.753. The number of nitrogens with two attached hydrogens (primary N) is 1. The molecule has 0 aromatic carbocycles. The smallest absolute Gasteiger partial charge is 0.246 e. The average Bonchev–Trinajstić information content (AvgIpc) is 2.16. The Bertz CT molecular complexity index is 206. The molecule has 0 aromatic heterocycles. The molecule has 0 saturated carbocycles. The molecule has 0 spiro atoms. The van der Waals surface area contributed by atoms with Crippen LogP contribution in [0.4, 0.5) is 0 Å². The van der Waals surface area contributed by atoms with Crippen molar-refractivity contribution in [1.82, 2.24) is 5.32 Å². The second kappa shape index (κ2) is 7.14. The fourth-order valence-electron chi connectivity index (χ4n) is 0.753. The van der Waals surface area contributed by atoms with Gasteiger partial charge in [-0.1, -0.05) is 12.1 Å². The van der Waals surface area contributed by atoms with Crippen LogP contribution in [0.15, 0.2) is 5.16 Å². The summed E-state index contributed by atoms with van der Waals surface area (Å²) in [6, 6.07) is -0.488. The van der Waals surface area contributed by atoms with Gasteiger partial charge in [0.2, 0.25) is 5.91 Å². The highest BCUT2D eigenvalue weighted by molar-refractivity contribution is 5.89. The molecule has 0 aromatic rings. The number of ether oxygens (including phenoxy) is 1. The van der Waals surface area contributed by atoms with Gasteiger partial charge in [0, 0.05) is 6.61 Å². The van der Waals surface area contributed by atoms with E-state index in [1.807, 2.05) is 6.92 Å². The number of carbonyl (C=O) groups excluding carboxylic acids is 1. The summed E-state index contributed by atoms with van der Waals surface area (Å²) in [6.45, 7) is 4.12. The van der Waals surface area contributed by atoms with E-state index in [0.29, 0.717) is 6.61 Å². The van der Waals surface area contributed by atoms with Gasteiger partial charge in [0.25, 0.3) is 0 Å². The van der Waals surface area contributed by atoms with Crippen molar-refractivity contribution in [3.8, 4) is 0 Å². The van der Waals surface area contributed by atoms with Gasteiger partial charge in [-0.15, -0.1) is 0 Å². The molecule has 82 valence electrons. The zero-order valence-corrected chi connectivity index (χ0v) is 8.49. The highest BCUT2D eigenvalue weighted by Crippen LogP contribution is 1.84. The summed E-state index contributed by atoms with van der Waals surface area (Å²) >= 11 is 0. The van der Waals surface area contributed by atoms with Gasteiger partial charge in [-0.05, 0) is 13.3 Å². The molecule has 0 aliphatic heterocycles. The normalized spacial score (nSPS) is 13.7. The van der Waals surface area contributed by atoms with Crippen LogP contribution in [-0.2, 0) is 9.53 Å². The number of carbonyl (C=O) groups is 1. The predicted molar refractivity (Wildman–Crippen MR) is 52.1 cm³/mol. The van der Waals surface area contributed by atoms with Gasteiger partial charge in [0.15, 0.2) is 5.84 Å². The molecule has 4 N–H and O–H groups in total. The largest absolute Gasteiger partial charge is 0.409 e. The second-order valence-corrected chi connectivity index (χ2v) is 2.87. The maximum absolute atomic E-state index is 11.1. The van der Waals surface area contributed by atoms with Crippen LogP contribution in [-0.4, -0.2) is 36.2 Å². The lowest BCUT2D eigenvalue weighted by Crippen LogP contribution is -2.43. The molecule has 1 atom stereocenters. The molecule has 6 heteroatoms. The van der Waals surface area contributed by atoms with Gasteiger partial charge < -0.3 is 21.0 Å². The van der Waals surface area contributed by atoms with Crippen molar-refractivity contribution >= 4 is 11.7 Å². The van der Waals surface area contributed by atoms with Crippen molar-refractivity contribution in [3.63, 3.8) is 0 Å². The standard InChI is InChI=1S/C8H17N3O3/c1-3-4-14-5-7(12)10-6(2)8(9)11-13/h6,13H,3-5H2,1-2H3,(H2,9,11)(H,10,12). The van der Waals surface area contributed by atoms with Gasteiger partial charge in [-0.25, -0.2) is 0 Å². The summed E-state index contributed by atoms with van der Waals surface area (Å²) in [5.41, 5.74) is 5.26. The molecule has 0 heterocycles. The summed E-state index contributed by atoms with van der Waals surface area (Å²) < 4.78 is 5.00. The Morgan fingerprint density at radius 2 is 2.36 bits per heavy atom. The lowest BCUT2D eigenvalue weighted by Gasteiger charge is -2.11. The maximum atomic E-state index is 11.1. The molecule has 0 rings (SSSR count). The van der Waals surface area contributed by atoms with E-state index in [1.165, 1.54) is 0 Å². The number of rotatable bonds is 6. The lowest BCUT2D eigenvalue weighted by atomic mass is 10.3. The second-order valence-electron chi connectivity index (χ2n) is 2.87. The summed E-state index contributed by atoms with van der Waals surface area (Å²) in [4.78, 5) is 11.1. The molecule has 1 unspecified atom stereocenters. The fraction of sp³-hybridized carbons (Fsp3) is 0.750. The highest BCUT2D eigenvalue weighted by atomic mass is 16.5. The van der Waals surface area contributed by atoms with Crippen LogP contribution in [0.1, 0.15) is 20.3 Å². The summed E-state index contributed by atoms with van der Waals surface area (Å²) in [6.07, 6.45) is 0.864. The Kier molecular flexibility index (Phi) is 6.47. The number of hydrogen-bond acceptors (Lipinski definition) is 4. The highest BCUT2D eigenvalue weighted by Gasteiger charge is 2.10. The van der Waals surface area contributed by atoms with E-state index in [-0.39, 0.29) is 18.3 Å². The van der Waals surface area contributed by atoms with E-state index in [1.54, 1.807) is 6.92 Å². The van der Waals surface area contributed by atoms with Gasteiger partial charge in [-0.3, -0.25) is 4.79 Å². The summed E-state index contributed by atoms with van der Waals surface area (Å²) in [5, 5.41) is 13.6. The van der Waals surface area contributed by atoms with Crippen molar-refractivity contribution < 1.29 is 14.7 Å². The first kappa shape index (κ1) is 12.7. The molecule has 6 nitrogen and oxygen atoms in total. The van der Waals surface area contributed by atoms with Gasteiger partial charge in [-0.2, -0.15) is 0 Å². The Hall–Kier alpha value is -1.30. The van der Waals surface area contributed by atoms with Crippen molar-refractivity contribution in [2.75, 3.05) is 13.2 Å². The maximum Gasteiger partial charge on any atom is 0.246 e. The Balaban J connectivity index is 3.71. The predicted octanol–water partition coefficient (Wildman–Crippen LogP) is -0.336. The van der Waals surface area contributed by atoms with Crippen LogP contribution in [0.5, 0.6) is 0 Å². The number of amides is 1. The van der Waals surface area contributed by atoms with Crippen molar-refractivity contribution in [2.45, 2.75) is 26.3 Å². The zero-order chi connectivity index (χ0) is 11.0. The van der Waals surface area contributed by atoms with Crippen LogP contribution in [0.3, 0.4) is 0 Å². The molecule has 0 aliphatic rings.